The second kappa shape index (κ2) is 6.06. The van der Waals surface area contributed by atoms with Gasteiger partial charge in [-0.1, -0.05) is 17.7 Å². The second-order valence-electron chi connectivity index (χ2n) is 3.34. The lowest BCUT2D eigenvalue weighted by molar-refractivity contribution is 0.199. The van der Waals surface area contributed by atoms with Crippen LogP contribution in [-0.4, -0.2) is 30.6 Å². The molecule has 0 spiro atoms. The molecule has 0 aliphatic rings. The lowest BCUT2D eigenvalue weighted by Gasteiger charge is -2.09. The number of benzene rings is 1. The van der Waals surface area contributed by atoms with Gasteiger partial charge in [0.05, 0.1) is 6.10 Å². The van der Waals surface area contributed by atoms with Crippen molar-refractivity contribution in [3.05, 3.63) is 29.8 Å². The minimum absolute atomic E-state index is 0.272. The Hall–Kier alpha value is -0.510. The molecule has 0 saturated carbocycles. The molecule has 2 N–H and O–H groups in total. The highest BCUT2D eigenvalue weighted by molar-refractivity contribution is 7.99. The zero-order valence-electron chi connectivity index (χ0n) is 8.66. The molecule has 0 bridgehead atoms. The molecule has 2 nitrogen and oxygen atoms in total. The van der Waals surface area contributed by atoms with Gasteiger partial charge in [-0.15, -0.1) is 11.8 Å². The summed E-state index contributed by atoms with van der Waals surface area (Å²) >= 11 is 1.69. The summed E-state index contributed by atoms with van der Waals surface area (Å²) in [5, 5.41) is 12.4. The maximum absolute atomic E-state index is 9.48. The van der Waals surface area contributed by atoms with Crippen molar-refractivity contribution in [2.75, 3.05) is 19.3 Å². The van der Waals surface area contributed by atoms with Crippen molar-refractivity contribution in [2.24, 2.45) is 0 Å². The first-order valence-corrected chi connectivity index (χ1v) is 5.73. The van der Waals surface area contributed by atoms with Crippen LogP contribution in [0.2, 0.25) is 0 Å². The van der Waals surface area contributed by atoms with Gasteiger partial charge in [-0.3, -0.25) is 0 Å². The predicted octanol–water partition coefficient (Wildman–Crippen LogP) is 1.67. The smallest absolute Gasteiger partial charge is 0.0758 e. The third kappa shape index (κ3) is 4.13. The summed E-state index contributed by atoms with van der Waals surface area (Å²) in [6.45, 7) is 2.73. The van der Waals surface area contributed by atoms with Crippen LogP contribution in [0.1, 0.15) is 5.56 Å². The van der Waals surface area contributed by atoms with Gasteiger partial charge in [0.1, 0.15) is 0 Å². The van der Waals surface area contributed by atoms with Crippen LogP contribution in [0.5, 0.6) is 0 Å². The monoisotopic (exact) mass is 211 g/mol. The van der Waals surface area contributed by atoms with Crippen LogP contribution < -0.4 is 5.32 Å². The first kappa shape index (κ1) is 11.6. The van der Waals surface area contributed by atoms with Crippen molar-refractivity contribution >= 4 is 11.8 Å². The van der Waals surface area contributed by atoms with Crippen LogP contribution in [0.3, 0.4) is 0 Å². The molecule has 0 aromatic heterocycles. The highest BCUT2D eigenvalue weighted by Gasteiger charge is 2.02. The van der Waals surface area contributed by atoms with Crippen molar-refractivity contribution in [1.82, 2.24) is 5.32 Å². The maximum Gasteiger partial charge on any atom is 0.0758 e. The van der Waals surface area contributed by atoms with Crippen molar-refractivity contribution in [3.8, 4) is 0 Å². The van der Waals surface area contributed by atoms with Crippen LogP contribution in [-0.2, 0) is 0 Å². The van der Waals surface area contributed by atoms with Crippen molar-refractivity contribution in [3.63, 3.8) is 0 Å². The van der Waals surface area contributed by atoms with E-state index < -0.39 is 0 Å². The van der Waals surface area contributed by atoms with E-state index in [4.69, 9.17) is 0 Å². The number of rotatable bonds is 5. The third-order valence-electron chi connectivity index (χ3n) is 1.90. The van der Waals surface area contributed by atoms with E-state index in [-0.39, 0.29) is 6.10 Å². The zero-order valence-corrected chi connectivity index (χ0v) is 9.47. The second-order valence-corrected chi connectivity index (χ2v) is 4.43. The highest BCUT2D eigenvalue weighted by Crippen LogP contribution is 2.18. The number of aryl methyl sites for hydroxylation is 1. The summed E-state index contributed by atoms with van der Waals surface area (Å²) in [7, 11) is 1.85. The first-order chi connectivity index (χ1) is 6.72. The third-order valence-corrected chi connectivity index (χ3v) is 3.06. The van der Waals surface area contributed by atoms with Gasteiger partial charge in [-0.25, -0.2) is 0 Å². The minimum atomic E-state index is -0.272. The Labute approximate surface area is 89.7 Å². The Morgan fingerprint density at radius 3 is 2.57 bits per heavy atom. The van der Waals surface area contributed by atoms with E-state index >= 15 is 0 Å². The van der Waals surface area contributed by atoms with E-state index in [0.717, 1.165) is 5.75 Å². The molecule has 0 aliphatic heterocycles. The minimum Gasteiger partial charge on any atom is -0.391 e. The summed E-state index contributed by atoms with van der Waals surface area (Å²) < 4.78 is 0. The zero-order chi connectivity index (χ0) is 10.4. The normalized spacial score (nSPS) is 12.8. The standard InChI is InChI=1S/C11H17NOS/c1-9-3-5-11(6-4-9)14-8-10(13)7-12-2/h3-6,10,12-13H,7-8H2,1-2H3. The van der Waals surface area contributed by atoms with E-state index in [2.05, 4.69) is 36.5 Å². The molecule has 14 heavy (non-hydrogen) atoms. The average Bonchev–Trinajstić information content (AvgIpc) is 2.17. The first-order valence-electron chi connectivity index (χ1n) is 4.74. The molecule has 1 unspecified atom stereocenters. The molecule has 0 amide bonds. The fourth-order valence-corrected chi connectivity index (χ4v) is 1.95. The Morgan fingerprint density at radius 1 is 1.36 bits per heavy atom. The lowest BCUT2D eigenvalue weighted by Crippen LogP contribution is -2.25. The molecule has 1 rings (SSSR count). The number of hydrogen-bond donors (Lipinski definition) is 2. The lowest BCUT2D eigenvalue weighted by atomic mass is 10.2. The van der Waals surface area contributed by atoms with Gasteiger partial charge in [0.15, 0.2) is 0 Å². The molecule has 1 aromatic rings. The van der Waals surface area contributed by atoms with Crippen LogP contribution >= 0.6 is 11.8 Å². The topological polar surface area (TPSA) is 32.3 Å². The number of likely N-dealkylation sites (N-methyl/N-ethyl adjacent to an activating group) is 1. The molecule has 0 heterocycles. The van der Waals surface area contributed by atoms with Crippen LogP contribution in [0.25, 0.3) is 0 Å². The Kier molecular flexibility index (Phi) is 5.01. The molecular formula is C11H17NOS. The van der Waals surface area contributed by atoms with E-state index in [1.807, 2.05) is 7.05 Å². The highest BCUT2D eigenvalue weighted by atomic mass is 32.2. The molecule has 0 fully saturated rings. The number of hydrogen-bond acceptors (Lipinski definition) is 3. The van der Waals surface area contributed by atoms with E-state index in [9.17, 15) is 5.11 Å². The van der Waals surface area contributed by atoms with Gasteiger partial charge >= 0.3 is 0 Å². The Bertz CT molecular complexity index is 260. The van der Waals surface area contributed by atoms with E-state index in [1.54, 1.807) is 11.8 Å². The quantitative estimate of drug-likeness (QED) is 0.727. The van der Waals surface area contributed by atoms with Crippen LogP contribution in [0.4, 0.5) is 0 Å². The van der Waals surface area contributed by atoms with Gasteiger partial charge in [-0.05, 0) is 26.1 Å². The van der Waals surface area contributed by atoms with Gasteiger partial charge in [0, 0.05) is 17.2 Å². The largest absolute Gasteiger partial charge is 0.391 e. The van der Waals surface area contributed by atoms with Gasteiger partial charge in [-0.2, -0.15) is 0 Å². The van der Waals surface area contributed by atoms with Gasteiger partial charge in [0.25, 0.3) is 0 Å². The molecule has 3 heteroatoms. The number of aliphatic hydroxyl groups excluding tert-OH is 1. The van der Waals surface area contributed by atoms with Crippen LogP contribution in [0, 0.1) is 6.92 Å². The SMILES string of the molecule is CNCC(O)CSc1ccc(C)cc1. The van der Waals surface area contributed by atoms with Gasteiger partial charge in [0.2, 0.25) is 0 Å². The summed E-state index contributed by atoms with van der Waals surface area (Å²) in [6.07, 6.45) is -0.272. The van der Waals surface area contributed by atoms with Crippen molar-refractivity contribution < 1.29 is 5.11 Å². The van der Waals surface area contributed by atoms with Crippen molar-refractivity contribution in [2.45, 2.75) is 17.9 Å². The maximum atomic E-state index is 9.48. The number of aliphatic hydroxyl groups is 1. The molecule has 0 radical (unpaired) electrons. The van der Waals surface area contributed by atoms with Gasteiger partial charge < -0.3 is 10.4 Å². The fourth-order valence-electron chi connectivity index (χ4n) is 1.12. The molecule has 0 saturated heterocycles. The summed E-state index contributed by atoms with van der Waals surface area (Å²) in [5.41, 5.74) is 1.27. The molecule has 78 valence electrons. The summed E-state index contributed by atoms with van der Waals surface area (Å²) in [5.74, 6) is 0.740. The molecular weight excluding hydrogens is 194 g/mol. The molecule has 1 atom stereocenters. The predicted molar refractivity (Wildman–Crippen MR) is 61.8 cm³/mol. The van der Waals surface area contributed by atoms with E-state index in [1.165, 1.54) is 10.5 Å². The van der Waals surface area contributed by atoms with Crippen molar-refractivity contribution in [1.29, 1.82) is 0 Å². The molecule has 0 aliphatic carbocycles. The fraction of sp³-hybridized carbons (Fsp3) is 0.455. The van der Waals surface area contributed by atoms with Crippen LogP contribution in [0.15, 0.2) is 29.2 Å². The Balaban J connectivity index is 2.34. The average molecular weight is 211 g/mol. The Morgan fingerprint density at radius 2 is 2.00 bits per heavy atom. The summed E-state index contributed by atoms with van der Waals surface area (Å²) in [4.78, 5) is 1.21. The summed E-state index contributed by atoms with van der Waals surface area (Å²) in [6, 6.07) is 8.36. The number of thioether (sulfide) groups is 1. The molecule has 1 aromatic carbocycles. The number of nitrogens with one attached hydrogen (secondary N) is 1. The van der Waals surface area contributed by atoms with E-state index in [0.29, 0.717) is 6.54 Å².